The van der Waals surface area contributed by atoms with Crippen molar-refractivity contribution in [1.82, 2.24) is 4.90 Å². The third kappa shape index (κ3) is 3.71. The second-order valence-electron chi connectivity index (χ2n) is 5.64. The van der Waals surface area contributed by atoms with Crippen molar-refractivity contribution in [2.75, 3.05) is 18.4 Å². The number of nitrogens with two attached hydrogens (primary N) is 1. The van der Waals surface area contributed by atoms with Crippen LogP contribution in [0.2, 0.25) is 0 Å². The van der Waals surface area contributed by atoms with Gasteiger partial charge in [0.1, 0.15) is 0 Å². The zero-order valence-corrected chi connectivity index (χ0v) is 13.5. The highest BCUT2D eigenvalue weighted by molar-refractivity contribution is 7.12. The van der Waals surface area contributed by atoms with Crippen LogP contribution in [0.4, 0.5) is 5.69 Å². The molecule has 1 aliphatic heterocycles. The molecular weight excluding hydrogens is 310 g/mol. The van der Waals surface area contributed by atoms with E-state index >= 15 is 0 Å². The number of primary amides is 1. The van der Waals surface area contributed by atoms with Crippen molar-refractivity contribution in [3.63, 3.8) is 0 Å². The first-order valence-corrected chi connectivity index (χ1v) is 8.50. The molecule has 0 spiro atoms. The molecule has 1 aromatic heterocycles. The summed E-state index contributed by atoms with van der Waals surface area (Å²) in [5, 5.41) is 5.14. The number of nitrogens with zero attached hydrogens (tertiary/aromatic N) is 1. The van der Waals surface area contributed by atoms with Crippen molar-refractivity contribution in [2.45, 2.75) is 18.9 Å². The van der Waals surface area contributed by atoms with Gasteiger partial charge >= 0.3 is 0 Å². The van der Waals surface area contributed by atoms with Gasteiger partial charge in [-0.25, -0.2) is 0 Å². The summed E-state index contributed by atoms with van der Waals surface area (Å²) >= 11 is 1.28. The van der Waals surface area contributed by atoms with Crippen LogP contribution in [0, 0.1) is 0 Å². The Labute approximate surface area is 139 Å². The topological polar surface area (TPSA) is 75.4 Å². The fourth-order valence-corrected chi connectivity index (χ4v) is 3.59. The van der Waals surface area contributed by atoms with Crippen molar-refractivity contribution in [2.24, 2.45) is 5.73 Å². The van der Waals surface area contributed by atoms with Gasteiger partial charge in [-0.05, 0) is 31.0 Å². The highest BCUT2D eigenvalue weighted by Gasteiger charge is 2.24. The van der Waals surface area contributed by atoms with Gasteiger partial charge in [0, 0.05) is 30.2 Å². The summed E-state index contributed by atoms with van der Waals surface area (Å²) in [6, 6.07) is 12.1. The molecule has 3 rings (SSSR count). The minimum atomic E-state index is -0.494. The molecule has 0 saturated carbocycles. The first-order valence-electron chi connectivity index (χ1n) is 7.62. The van der Waals surface area contributed by atoms with E-state index in [1.165, 1.54) is 11.3 Å². The van der Waals surface area contributed by atoms with Crippen molar-refractivity contribution >= 4 is 28.8 Å². The van der Waals surface area contributed by atoms with Gasteiger partial charge in [0.15, 0.2) is 0 Å². The molecule has 23 heavy (non-hydrogen) atoms. The van der Waals surface area contributed by atoms with E-state index in [2.05, 4.69) is 17.4 Å². The molecule has 2 aromatic rings. The molecule has 3 N–H and O–H groups in total. The average molecular weight is 329 g/mol. The van der Waals surface area contributed by atoms with Crippen LogP contribution in [-0.4, -0.2) is 35.8 Å². The number of benzene rings is 1. The molecule has 120 valence electrons. The van der Waals surface area contributed by atoms with Crippen LogP contribution in [0.1, 0.15) is 32.9 Å². The average Bonchev–Trinajstić information content (AvgIpc) is 3.06. The second kappa shape index (κ2) is 6.83. The number of carbonyl (C=O) groups is 2. The quantitative estimate of drug-likeness (QED) is 0.905. The fourth-order valence-electron chi connectivity index (χ4n) is 2.73. The molecule has 1 fully saturated rings. The Morgan fingerprint density at radius 3 is 2.48 bits per heavy atom. The molecule has 2 heterocycles. The van der Waals surface area contributed by atoms with E-state index in [1.54, 1.807) is 11.4 Å². The van der Waals surface area contributed by atoms with E-state index in [1.807, 2.05) is 23.1 Å². The second-order valence-corrected chi connectivity index (χ2v) is 6.55. The third-order valence-electron chi connectivity index (χ3n) is 4.02. The van der Waals surface area contributed by atoms with E-state index in [0.29, 0.717) is 29.6 Å². The predicted molar refractivity (Wildman–Crippen MR) is 91.8 cm³/mol. The minimum Gasteiger partial charge on any atom is -0.382 e. The number of thiophene rings is 1. The Hall–Kier alpha value is -2.34. The molecule has 0 aliphatic carbocycles. The van der Waals surface area contributed by atoms with Crippen LogP contribution in [0.5, 0.6) is 0 Å². The van der Waals surface area contributed by atoms with Gasteiger partial charge in [-0.15, -0.1) is 11.3 Å². The van der Waals surface area contributed by atoms with Gasteiger partial charge in [-0.2, -0.15) is 0 Å². The number of likely N-dealkylation sites (tertiary alicyclic amines) is 1. The lowest BCUT2D eigenvalue weighted by Crippen LogP contribution is -2.42. The lowest BCUT2D eigenvalue weighted by Gasteiger charge is -2.32. The van der Waals surface area contributed by atoms with Gasteiger partial charge in [0.05, 0.1) is 10.4 Å². The minimum absolute atomic E-state index is 0.0133. The molecule has 0 unspecified atom stereocenters. The van der Waals surface area contributed by atoms with Crippen molar-refractivity contribution in [3.8, 4) is 0 Å². The largest absolute Gasteiger partial charge is 0.382 e. The van der Waals surface area contributed by atoms with Crippen LogP contribution in [0.25, 0.3) is 0 Å². The maximum atomic E-state index is 12.5. The molecule has 6 heteroatoms. The molecule has 0 atom stereocenters. The number of anilines is 1. The van der Waals surface area contributed by atoms with Gasteiger partial charge < -0.3 is 16.0 Å². The van der Waals surface area contributed by atoms with Gasteiger partial charge in [0.2, 0.25) is 5.91 Å². The highest BCUT2D eigenvalue weighted by atomic mass is 32.1. The number of nitrogens with one attached hydrogen (secondary N) is 1. The van der Waals surface area contributed by atoms with E-state index < -0.39 is 5.91 Å². The maximum absolute atomic E-state index is 12.5. The van der Waals surface area contributed by atoms with E-state index in [4.69, 9.17) is 5.73 Å². The SMILES string of the molecule is NC(=O)c1csc(C(=O)N2CCC(Nc3ccccc3)CC2)c1. The van der Waals surface area contributed by atoms with Gasteiger partial charge in [-0.1, -0.05) is 18.2 Å². The maximum Gasteiger partial charge on any atom is 0.263 e. The van der Waals surface area contributed by atoms with Crippen LogP contribution in [0.15, 0.2) is 41.8 Å². The van der Waals surface area contributed by atoms with E-state index in [9.17, 15) is 9.59 Å². The van der Waals surface area contributed by atoms with E-state index in [0.717, 1.165) is 18.5 Å². The standard InChI is InChI=1S/C17H19N3O2S/c18-16(21)12-10-15(23-11-12)17(22)20-8-6-14(7-9-20)19-13-4-2-1-3-5-13/h1-5,10-11,14,19H,6-9H2,(H2,18,21). The lowest BCUT2D eigenvalue weighted by molar-refractivity contribution is 0.0723. The Kier molecular flexibility index (Phi) is 4.62. The highest BCUT2D eigenvalue weighted by Crippen LogP contribution is 2.21. The lowest BCUT2D eigenvalue weighted by atomic mass is 10.0. The normalized spacial score (nSPS) is 15.4. The smallest absolute Gasteiger partial charge is 0.263 e. The van der Waals surface area contributed by atoms with Crippen molar-refractivity contribution in [3.05, 3.63) is 52.2 Å². The first kappa shape index (κ1) is 15.6. The monoisotopic (exact) mass is 329 g/mol. The van der Waals surface area contributed by atoms with Gasteiger partial charge in [-0.3, -0.25) is 9.59 Å². The molecule has 2 amide bonds. The molecule has 1 aromatic carbocycles. The Morgan fingerprint density at radius 2 is 1.87 bits per heavy atom. The van der Waals surface area contributed by atoms with Crippen LogP contribution in [-0.2, 0) is 0 Å². The van der Waals surface area contributed by atoms with Crippen LogP contribution in [0.3, 0.4) is 0 Å². The number of hydrogen-bond acceptors (Lipinski definition) is 4. The van der Waals surface area contributed by atoms with Crippen LogP contribution >= 0.6 is 11.3 Å². The predicted octanol–water partition coefficient (Wildman–Crippen LogP) is 2.56. The molecule has 0 radical (unpaired) electrons. The molecule has 1 aliphatic rings. The summed E-state index contributed by atoms with van der Waals surface area (Å²) in [5.74, 6) is -0.508. The Bertz CT molecular complexity index is 691. The first-order chi connectivity index (χ1) is 11.1. The Balaban J connectivity index is 1.55. The van der Waals surface area contributed by atoms with Gasteiger partial charge in [0.25, 0.3) is 5.91 Å². The molecule has 5 nitrogen and oxygen atoms in total. The van der Waals surface area contributed by atoms with Crippen molar-refractivity contribution < 1.29 is 9.59 Å². The summed E-state index contributed by atoms with van der Waals surface area (Å²) in [6.45, 7) is 1.43. The van der Waals surface area contributed by atoms with Crippen molar-refractivity contribution in [1.29, 1.82) is 0 Å². The fraction of sp³-hybridized carbons (Fsp3) is 0.294. The Morgan fingerprint density at radius 1 is 1.17 bits per heavy atom. The summed E-state index contributed by atoms with van der Waals surface area (Å²) in [4.78, 5) is 26.0. The number of hydrogen-bond donors (Lipinski definition) is 2. The summed E-state index contributed by atoms with van der Waals surface area (Å²) in [5.41, 5.74) is 6.75. The number of para-hydroxylation sites is 1. The summed E-state index contributed by atoms with van der Waals surface area (Å²) < 4.78 is 0. The molecule has 1 saturated heterocycles. The number of amides is 2. The zero-order valence-electron chi connectivity index (χ0n) is 12.7. The van der Waals surface area contributed by atoms with Crippen LogP contribution < -0.4 is 11.1 Å². The summed E-state index contributed by atoms with van der Waals surface area (Å²) in [7, 11) is 0. The summed E-state index contributed by atoms with van der Waals surface area (Å²) in [6.07, 6.45) is 1.82. The van der Waals surface area contributed by atoms with E-state index in [-0.39, 0.29) is 5.91 Å². The third-order valence-corrected chi connectivity index (χ3v) is 4.94. The number of rotatable bonds is 4. The molecule has 0 bridgehead atoms. The zero-order chi connectivity index (χ0) is 16.2. The molecular formula is C17H19N3O2S. The number of carbonyl (C=O) groups excluding carboxylic acids is 2. The number of piperidine rings is 1.